The number of hydrogen-bond acceptors (Lipinski definition) is 3. The second-order valence-corrected chi connectivity index (χ2v) is 6.32. The smallest absolute Gasteiger partial charge is 0.0774 e. The third-order valence-corrected chi connectivity index (χ3v) is 4.46. The minimum atomic E-state index is -0.402. The Morgan fingerprint density at radius 2 is 1.94 bits per heavy atom. The van der Waals surface area contributed by atoms with Gasteiger partial charge in [0, 0.05) is 12.6 Å². The Balaban J connectivity index is 2.33. The molecule has 1 aliphatic carbocycles. The van der Waals surface area contributed by atoms with E-state index in [4.69, 9.17) is 0 Å². The summed E-state index contributed by atoms with van der Waals surface area (Å²) < 4.78 is 0. The van der Waals surface area contributed by atoms with Crippen molar-refractivity contribution in [3.05, 3.63) is 0 Å². The van der Waals surface area contributed by atoms with E-state index in [1.165, 1.54) is 31.4 Å². The molecule has 0 aromatic heterocycles. The molecular formula is C13H27NOS. The largest absolute Gasteiger partial charge is 0.389 e. The summed E-state index contributed by atoms with van der Waals surface area (Å²) in [6, 6.07) is 0.582. The van der Waals surface area contributed by atoms with Gasteiger partial charge in [-0.1, -0.05) is 19.3 Å². The van der Waals surface area contributed by atoms with Crippen LogP contribution in [0.2, 0.25) is 0 Å². The molecule has 2 nitrogen and oxygen atoms in total. The quantitative estimate of drug-likeness (QED) is 0.778. The monoisotopic (exact) mass is 245 g/mol. The van der Waals surface area contributed by atoms with Gasteiger partial charge >= 0.3 is 0 Å². The van der Waals surface area contributed by atoms with Crippen LogP contribution in [-0.4, -0.2) is 47.3 Å². The Morgan fingerprint density at radius 3 is 2.50 bits per heavy atom. The number of hydrogen-bond donors (Lipinski definition) is 1. The fraction of sp³-hybridized carbons (Fsp3) is 1.00. The first-order valence-corrected chi connectivity index (χ1v) is 7.88. The van der Waals surface area contributed by atoms with Crippen LogP contribution in [-0.2, 0) is 0 Å². The summed E-state index contributed by atoms with van der Waals surface area (Å²) >= 11 is 1.90. The Kier molecular flexibility index (Phi) is 6.16. The summed E-state index contributed by atoms with van der Waals surface area (Å²) in [5, 5.41) is 10.5. The molecule has 3 heteroatoms. The molecule has 1 atom stereocenters. The predicted molar refractivity (Wildman–Crippen MR) is 73.1 cm³/mol. The number of aliphatic hydroxyl groups is 1. The van der Waals surface area contributed by atoms with Crippen molar-refractivity contribution in [1.82, 2.24) is 4.90 Å². The van der Waals surface area contributed by atoms with E-state index in [0.29, 0.717) is 6.04 Å². The van der Waals surface area contributed by atoms with E-state index >= 15 is 0 Å². The second-order valence-electron chi connectivity index (χ2n) is 5.33. The molecule has 1 fully saturated rings. The number of thioether (sulfide) groups is 1. The van der Waals surface area contributed by atoms with E-state index in [1.54, 1.807) is 0 Å². The van der Waals surface area contributed by atoms with Crippen LogP contribution < -0.4 is 0 Å². The molecule has 0 heterocycles. The van der Waals surface area contributed by atoms with E-state index < -0.39 is 5.60 Å². The zero-order chi connectivity index (χ0) is 12.0. The molecule has 0 spiro atoms. The van der Waals surface area contributed by atoms with Crippen molar-refractivity contribution in [3.8, 4) is 0 Å². The summed E-state index contributed by atoms with van der Waals surface area (Å²) in [5.74, 6) is 1.21. The number of nitrogens with zero attached hydrogens (tertiary/aromatic N) is 1. The van der Waals surface area contributed by atoms with Crippen molar-refractivity contribution in [3.63, 3.8) is 0 Å². The van der Waals surface area contributed by atoms with Gasteiger partial charge in [-0.05, 0) is 45.2 Å². The SMILES string of the molecule is CSCCC(C)N(C)CC1(O)CCCCC1. The highest BCUT2D eigenvalue weighted by Gasteiger charge is 2.31. The standard InChI is InChI=1S/C13H27NOS/c1-12(7-10-16-3)14(2)11-13(15)8-5-4-6-9-13/h12,15H,4-11H2,1-3H3. The molecule has 0 aromatic rings. The summed E-state index contributed by atoms with van der Waals surface area (Å²) in [5.41, 5.74) is -0.402. The first-order chi connectivity index (χ1) is 7.57. The van der Waals surface area contributed by atoms with E-state index in [2.05, 4.69) is 25.1 Å². The van der Waals surface area contributed by atoms with Crippen molar-refractivity contribution in [2.24, 2.45) is 0 Å². The van der Waals surface area contributed by atoms with Crippen LogP contribution in [0.4, 0.5) is 0 Å². The third-order valence-electron chi connectivity index (χ3n) is 3.82. The van der Waals surface area contributed by atoms with Gasteiger partial charge in [-0.25, -0.2) is 0 Å². The van der Waals surface area contributed by atoms with Gasteiger partial charge < -0.3 is 10.0 Å². The predicted octanol–water partition coefficient (Wildman–Crippen LogP) is 2.76. The molecule has 0 bridgehead atoms. The number of rotatable bonds is 6. The maximum Gasteiger partial charge on any atom is 0.0774 e. The fourth-order valence-corrected chi connectivity index (χ4v) is 3.07. The van der Waals surface area contributed by atoms with Crippen LogP contribution in [0, 0.1) is 0 Å². The van der Waals surface area contributed by atoms with Crippen LogP contribution in [0.15, 0.2) is 0 Å². The lowest BCUT2D eigenvalue weighted by molar-refractivity contribution is -0.0279. The molecule has 1 N–H and O–H groups in total. The van der Waals surface area contributed by atoms with Gasteiger partial charge in [0.05, 0.1) is 5.60 Å². The van der Waals surface area contributed by atoms with Crippen LogP contribution in [0.1, 0.15) is 45.4 Å². The van der Waals surface area contributed by atoms with Crippen molar-refractivity contribution in [1.29, 1.82) is 0 Å². The molecule has 1 unspecified atom stereocenters. The fourth-order valence-electron chi connectivity index (χ4n) is 2.50. The van der Waals surface area contributed by atoms with Crippen molar-refractivity contribution in [2.45, 2.75) is 57.1 Å². The van der Waals surface area contributed by atoms with Gasteiger partial charge in [0.1, 0.15) is 0 Å². The van der Waals surface area contributed by atoms with Crippen molar-refractivity contribution in [2.75, 3.05) is 25.6 Å². The molecule has 0 amide bonds. The molecule has 1 rings (SSSR count). The average Bonchev–Trinajstić information content (AvgIpc) is 2.26. The summed E-state index contributed by atoms with van der Waals surface area (Å²) in [7, 11) is 2.15. The topological polar surface area (TPSA) is 23.5 Å². The molecule has 0 radical (unpaired) electrons. The molecule has 0 saturated heterocycles. The first kappa shape index (κ1) is 14.3. The highest BCUT2D eigenvalue weighted by Crippen LogP contribution is 2.29. The Morgan fingerprint density at radius 1 is 1.31 bits per heavy atom. The molecule has 16 heavy (non-hydrogen) atoms. The Labute approximate surface area is 105 Å². The highest BCUT2D eigenvalue weighted by molar-refractivity contribution is 7.98. The molecule has 1 aliphatic rings. The maximum atomic E-state index is 10.5. The zero-order valence-corrected chi connectivity index (χ0v) is 11.9. The van der Waals surface area contributed by atoms with Gasteiger partial charge in [0.2, 0.25) is 0 Å². The van der Waals surface area contributed by atoms with E-state index in [-0.39, 0.29) is 0 Å². The van der Waals surface area contributed by atoms with Gasteiger partial charge in [0.25, 0.3) is 0 Å². The summed E-state index contributed by atoms with van der Waals surface area (Å²) in [6.45, 7) is 3.12. The first-order valence-electron chi connectivity index (χ1n) is 6.49. The second kappa shape index (κ2) is 6.87. The Hall–Kier alpha value is 0.270. The van der Waals surface area contributed by atoms with Crippen LogP contribution in [0.5, 0.6) is 0 Å². The van der Waals surface area contributed by atoms with Gasteiger partial charge in [-0.3, -0.25) is 0 Å². The van der Waals surface area contributed by atoms with Crippen LogP contribution >= 0.6 is 11.8 Å². The molecule has 1 saturated carbocycles. The minimum Gasteiger partial charge on any atom is -0.389 e. The zero-order valence-electron chi connectivity index (χ0n) is 11.0. The highest BCUT2D eigenvalue weighted by atomic mass is 32.2. The van der Waals surface area contributed by atoms with Crippen LogP contribution in [0.25, 0.3) is 0 Å². The third kappa shape index (κ3) is 4.64. The lowest BCUT2D eigenvalue weighted by Crippen LogP contribution is -2.46. The lowest BCUT2D eigenvalue weighted by Gasteiger charge is -2.37. The summed E-state index contributed by atoms with van der Waals surface area (Å²) in [4.78, 5) is 2.33. The lowest BCUT2D eigenvalue weighted by atomic mass is 9.84. The summed E-state index contributed by atoms with van der Waals surface area (Å²) in [6.07, 6.45) is 9.05. The molecule has 96 valence electrons. The number of likely N-dealkylation sites (N-methyl/N-ethyl adjacent to an activating group) is 1. The van der Waals surface area contributed by atoms with Gasteiger partial charge in [-0.15, -0.1) is 0 Å². The molecule has 0 aromatic carbocycles. The normalized spacial score (nSPS) is 22.3. The van der Waals surface area contributed by atoms with Crippen molar-refractivity contribution < 1.29 is 5.11 Å². The van der Waals surface area contributed by atoms with Gasteiger partial charge in [-0.2, -0.15) is 11.8 Å². The van der Waals surface area contributed by atoms with Crippen molar-refractivity contribution >= 4 is 11.8 Å². The van der Waals surface area contributed by atoms with E-state index in [1.807, 2.05) is 11.8 Å². The van der Waals surface area contributed by atoms with E-state index in [0.717, 1.165) is 19.4 Å². The van der Waals surface area contributed by atoms with Gasteiger partial charge in [0.15, 0.2) is 0 Å². The minimum absolute atomic E-state index is 0.402. The molecule has 0 aliphatic heterocycles. The Bertz CT molecular complexity index is 192. The van der Waals surface area contributed by atoms with E-state index in [9.17, 15) is 5.11 Å². The molecular weight excluding hydrogens is 218 g/mol. The van der Waals surface area contributed by atoms with Crippen LogP contribution in [0.3, 0.4) is 0 Å². The maximum absolute atomic E-state index is 10.5. The average molecular weight is 245 g/mol.